The van der Waals surface area contributed by atoms with Gasteiger partial charge in [-0.05, 0) is 30.2 Å². The fraction of sp³-hybridized carbons (Fsp3) is 0.333. The molecule has 0 bridgehead atoms. The third kappa shape index (κ3) is 3.27. The van der Waals surface area contributed by atoms with Crippen LogP contribution in [0.2, 0.25) is 15.5 Å². The SMILES string of the molecule is CC.Cc1c(Cl)c(C(F)(F)F)cc2c(Cl)nc(Cl)nc12. The lowest BCUT2D eigenvalue weighted by atomic mass is 10.1. The van der Waals surface area contributed by atoms with Crippen molar-refractivity contribution in [2.45, 2.75) is 26.9 Å². The smallest absolute Gasteiger partial charge is 0.217 e. The van der Waals surface area contributed by atoms with Crippen molar-refractivity contribution in [1.82, 2.24) is 9.97 Å². The predicted molar refractivity (Wildman–Crippen MR) is 75.7 cm³/mol. The molecule has 0 fully saturated rings. The maximum absolute atomic E-state index is 12.8. The van der Waals surface area contributed by atoms with Crippen LogP contribution < -0.4 is 0 Å². The first kappa shape index (κ1) is 17.3. The molecule has 20 heavy (non-hydrogen) atoms. The molecule has 0 aliphatic heterocycles. The average molecular weight is 346 g/mol. The van der Waals surface area contributed by atoms with Gasteiger partial charge < -0.3 is 0 Å². The first-order valence-corrected chi connectivity index (χ1v) is 6.74. The molecule has 1 aromatic carbocycles. The number of halogens is 6. The van der Waals surface area contributed by atoms with Crippen molar-refractivity contribution in [3.8, 4) is 0 Å². The monoisotopic (exact) mass is 344 g/mol. The highest BCUT2D eigenvalue weighted by Crippen LogP contribution is 2.40. The van der Waals surface area contributed by atoms with Gasteiger partial charge in [-0.3, -0.25) is 0 Å². The largest absolute Gasteiger partial charge is 0.417 e. The van der Waals surface area contributed by atoms with Gasteiger partial charge in [-0.1, -0.05) is 37.0 Å². The molecule has 0 unspecified atom stereocenters. The molecule has 0 aliphatic carbocycles. The summed E-state index contributed by atoms with van der Waals surface area (Å²) in [5, 5.41) is -0.641. The Morgan fingerprint density at radius 1 is 1.05 bits per heavy atom. The Hall–Kier alpha value is -0.780. The number of aromatic nitrogens is 2. The number of alkyl halides is 3. The summed E-state index contributed by atoms with van der Waals surface area (Å²) in [5.74, 6) is 0. The Labute approximate surface area is 128 Å². The van der Waals surface area contributed by atoms with Crippen LogP contribution >= 0.6 is 34.8 Å². The van der Waals surface area contributed by atoms with Gasteiger partial charge in [-0.2, -0.15) is 13.2 Å². The number of benzene rings is 1. The van der Waals surface area contributed by atoms with E-state index in [1.165, 1.54) is 6.92 Å². The first-order valence-electron chi connectivity index (χ1n) is 5.61. The van der Waals surface area contributed by atoms with Crippen molar-refractivity contribution in [1.29, 1.82) is 0 Å². The zero-order chi connectivity index (χ0) is 15.7. The van der Waals surface area contributed by atoms with Gasteiger partial charge in [0.05, 0.1) is 16.1 Å². The lowest BCUT2D eigenvalue weighted by molar-refractivity contribution is -0.137. The molecule has 110 valence electrons. The van der Waals surface area contributed by atoms with Crippen LogP contribution in [0.1, 0.15) is 25.0 Å². The quantitative estimate of drug-likeness (QED) is 0.436. The van der Waals surface area contributed by atoms with E-state index in [9.17, 15) is 13.2 Å². The second-order valence-corrected chi connectivity index (χ2v) is 4.61. The number of hydrogen-bond donors (Lipinski definition) is 0. The summed E-state index contributed by atoms with van der Waals surface area (Å²) < 4.78 is 38.3. The highest BCUT2D eigenvalue weighted by molar-refractivity contribution is 6.37. The molecule has 0 saturated carbocycles. The fourth-order valence-corrected chi connectivity index (χ4v) is 2.24. The van der Waals surface area contributed by atoms with Crippen LogP contribution in [0.4, 0.5) is 13.2 Å². The molecule has 1 aromatic heterocycles. The summed E-state index contributed by atoms with van der Waals surface area (Å²) in [6.45, 7) is 5.42. The molecule has 1 heterocycles. The van der Waals surface area contributed by atoms with E-state index in [4.69, 9.17) is 34.8 Å². The van der Waals surface area contributed by atoms with Gasteiger partial charge in [0, 0.05) is 5.39 Å². The molecule has 8 heteroatoms. The van der Waals surface area contributed by atoms with Crippen LogP contribution in [0.25, 0.3) is 10.9 Å². The Balaban J connectivity index is 0.000000956. The Kier molecular flexibility index (Phi) is 5.46. The third-order valence-corrected chi connectivity index (χ3v) is 3.33. The maximum Gasteiger partial charge on any atom is 0.417 e. The Morgan fingerprint density at radius 3 is 2.10 bits per heavy atom. The van der Waals surface area contributed by atoms with Gasteiger partial charge in [0.1, 0.15) is 5.15 Å². The highest BCUT2D eigenvalue weighted by Gasteiger charge is 2.35. The summed E-state index contributed by atoms with van der Waals surface area (Å²) in [7, 11) is 0. The van der Waals surface area contributed by atoms with Crippen molar-refractivity contribution in [3.05, 3.63) is 32.7 Å². The van der Waals surface area contributed by atoms with Crippen molar-refractivity contribution in [2.24, 2.45) is 0 Å². The predicted octanol–water partition coefficient (Wildman–Crippen LogP) is 5.94. The lowest BCUT2D eigenvalue weighted by Gasteiger charge is -2.13. The Bertz CT molecular complexity index is 642. The van der Waals surface area contributed by atoms with E-state index in [-0.39, 0.29) is 26.9 Å². The lowest BCUT2D eigenvalue weighted by Crippen LogP contribution is -2.07. The van der Waals surface area contributed by atoms with Crippen molar-refractivity contribution in [2.75, 3.05) is 0 Å². The van der Waals surface area contributed by atoms with E-state index < -0.39 is 16.8 Å². The summed E-state index contributed by atoms with van der Waals surface area (Å²) in [6.07, 6.45) is -4.57. The molecule has 0 radical (unpaired) electrons. The van der Waals surface area contributed by atoms with Gasteiger partial charge in [0.2, 0.25) is 5.28 Å². The minimum atomic E-state index is -4.57. The van der Waals surface area contributed by atoms with Crippen LogP contribution in [-0.2, 0) is 6.18 Å². The summed E-state index contributed by atoms with van der Waals surface area (Å²) in [4.78, 5) is 7.44. The zero-order valence-corrected chi connectivity index (χ0v) is 13.0. The minimum Gasteiger partial charge on any atom is -0.217 e. The van der Waals surface area contributed by atoms with Gasteiger partial charge in [-0.15, -0.1) is 0 Å². The van der Waals surface area contributed by atoms with E-state index in [0.29, 0.717) is 0 Å². The average Bonchev–Trinajstić information content (AvgIpc) is 2.35. The van der Waals surface area contributed by atoms with Crippen LogP contribution in [0.15, 0.2) is 6.07 Å². The van der Waals surface area contributed by atoms with Gasteiger partial charge in [-0.25, -0.2) is 9.97 Å². The zero-order valence-electron chi connectivity index (χ0n) is 10.7. The number of aryl methyl sites for hydroxylation is 1. The number of nitrogens with zero attached hydrogens (tertiary/aromatic N) is 2. The molecule has 0 N–H and O–H groups in total. The fourth-order valence-electron chi connectivity index (χ4n) is 1.55. The van der Waals surface area contributed by atoms with Crippen molar-refractivity contribution in [3.63, 3.8) is 0 Å². The number of hydrogen-bond acceptors (Lipinski definition) is 2. The van der Waals surface area contributed by atoms with Gasteiger partial charge in [0.15, 0.2) is 0 Å². The van der Waals surface area contributed by atoms with E-state index >= 15 is 0 Å². The van der Waals surface area contributed by atoms with Gasteiger partial charge >= 0.3 is 6.18 Å². The molecule has 2 rings (SSSR count). The molecule has 2 aromatic rings. The van der Waals surface area contributed by atoms with Crippen molar-refractivity contribution < 1.29 is 13.2 Å². The summed E-state index contributed by atoms with van der Waals surface area (Å²) >= 11 is 17.1. The summed E-state index contributed by atoms with van der Waals surface area (Å²) in [6, 6.07) is 0.823. The normalized spacial score (nSPS) is 11.2. The molecule has 0 spiro atoms. The van der Waals surface area contributed by atoms with E-state index in [2.05, 4.69) is 9.97 Å². The summed E-state index contributed by atoms with van der Waals surface area (Å²) in [5.41, 5.74) is -0.604. The third-order valence-electron chi connectivity index (χ3n) is 2.39. The molecular weight excluding hydrogens is 335 g/mol. The molecular formula is C12H10Cl3F3N2. The van der Waals surface area contributed by atoms with Crippen LogP contribution in [-0.4, -0.2) is 9.97 Å². The second-order valence-electron chi connectivity index (χ2n) is 3.54. The van der Waals surface area contributed by atoms with Crippen molar-refractivity contribution >= 4 is 45.7 Å². The number of fused-ring (bicyclic) bond motifs is 1. The Morgan fingerprint density at radius 2 is 1.60 bits per heavy atom. The van der Waals surface area contributed by atoms with Crippen LogP contribution in [0, 0.1) is 6.92 Å². The maximum atomic E-state index is 12.8. The highest BCUT2D eigenvalue weighted by atomic mass is 35.5. The molecule has 0 atom stereocenters. The van der Waals surface area contributed by atoms with Crippen LogP contribution in [0.5, 0.6) is 0 Å². The molecule has 0 saturated heterocycles. The van der Waals surface area contributed by atoms with Gasteiger partial charge in [0.25, 0.3) is 0 Å². The second kappa shape index (κ2) is 6.33. The number of rotatable bonds is 0. The topological polar surface area (TPSA) is 25.8 Å². The van der Waals surface area contributed by atoms with E-state index in [1.54, 1.807) is 0 Å². The first-order chi connectivity index (χ1) is 9.21. The minimum absolute atomic E-state index is 0.0651. The standard InChI is InChI=1S/C10H4Cl3F3N2.C2H6/c1-3-6(11)5(10(14,15)16)2-4-7(3)17-9(13)18-8(4)12;1-2/h2H,1H3;1-2H3. The van der Waals surface area contributed by atoms with E-state index in [1.807, 2.05) is 13.8 Å². The molecule has 0 amide bonds. The van der Waals surface area contributed by atoms with Crippen LogP contribution in [0.3, 0.4) is 0 Å². The molecule has 2 nitrogen and oxygen atoms in total. The van der Waals surface area contributed by atoms with E-state index in [0.717, 1.165) is 6.07 Å². The molecule has 0 aliphatic rings.